The molecule has 1 aromatic heterocycles. The summed E-state index contributed by atoms with van der Waals surface area (Å²) >= 11 is 16.6. The van der Waals surface area contributed by atoms with Gasteiger partial charge >= 0.3 is 0 Å². The van der Waals surface area contributed by atoms with Gasteiger partial charge in [0.2, 0.25) is 0 Å². The lowest BCUT2D eigenvalue weighted by molar-refractivity contribution is -0.123. The molecular weight excluding hydrogens is 555 g/mol. The van der Waals surface area contributed by atoms with E-state index in [-0.39, 0.29) is 17.7 Å². The SMILES string of the molecule is O=C1S/C(=C\c2cn(Cc3ccccc3)c3ccc(Br)cc23)C(=O)N1Cc1ccc(Cl)c(Cl)c1. The molecule has 1 saturated heterocycles. The third-order valence-corrected chi connectivity index (χ3v) is 7.69. The van der Waals surface area contributed by atoms with Gasteiger partial charge in [-0.25, -0.2) is 0 Å². The van der Waals surface area contributed by atoms with Crippen LogP contribution in [0.25, 0.3) is 17.0 Å². The van der Waals surface area contributed by atoms with Gasteiger partial charge in [-0.1, -0.05) is 75.5 Å². The van der Waals surface area contributed by atoms with Crippen molar-refractivity contribution >= 4 is 79.0 Å². The third-order valence-electron chi connectivity index (χ3n) is 5.55. The van der Waals surface area contributed by atoms with E-state index in [0.717, 1.165) is 38.3 Å². The Morgan fingerprint density at radius 3 is 2.44 bits per heavy atom. The molecule has 0 spiro atoms. The number of rotatable bonds is 5. The zero-order valence-electron chi connectivity index (χ0n) is 17.7. The molecule has 0 unspecified atom stereocenters. The summed E-state index contributed by atoms with van der Waals surface area (Å²) in [7, 11) is 0. The van der Waals surface area contributed by atoms with Crippen molar-refractivity contribution in [2.45, 2.75) is 13.1 Å². The quantitative estimate of drug-likeness (QED) is 0.228. The second-order valence-electron chi connectivity index (χ2n) is 7.88. The molecule has 0 saturated carbocycles. The smallest absolute Gasteiger partial charge is 0.293 e. The van der Waals surface area contributed by atoms with Crippen LogP contribution in [0, 0.1) is 0 Å². The van der Waals surface area contributed by atoms with Gasteiger partial charge in [0.05, 0.1) is 21.5 Å². The van der Waals surface area contributed by atoms with Crippen molar-refractivity contribution in [3.63, 3.8) is 0 Å². The van der Waals surface area contributed by atoms with E-state index in [1.165, 1.54) is 10.5 Å². The fourth-order valence-electron chi connectivity index (χ4n) is 3.92. The Hall–Kier alpha value is -2.51. The van der Waals surface area contributed by atoms with E-state index in [0.29, 0.717) is 21.5 Å². The Balaban J connectivity index is 1.48. The highest BCUT2D eigenvalue weighted by Crippen LogP contribution is 2.36. The van der Waals surface area contributed by atoms with Crippen molar-refractivity contribution in [3.05, 3.63) is 109 Å². The van der Waals surface area contributed by atoms with Gasteiger partial charge in [0, 0.05) is 33.7 Å². The standard InChI is InChI=1S/C26H17BrCl2N2O2S/c27-19-7-9-23-20(12-19)18(15-30(23)13-16-4-2-1-3-5-16)11-24-25(32)31(26(33)34-24)14-17-6-8-21(28)22(29)10-17/h1-12,15H,13-14H2/b24-11-. The number of carbonyl (C=O) groups excluding carboxylic acids is 2. The van der Waals surface area contributed by atoms with E-state index in [1.807, 2.05) is 36.5 Å². The van der Waals surface area contributed by atoms with Crippen LogP contribution in [0.15, 0.2) is 82.3 Å². The van der Waals surface area contributed by atoms with E-state index in [1.54, 1.807) is 24.3 Å². The average molecular weight is 572 g/mol. The molecule has 170 valence electrons. The molecule has 34 heavy (non-hydrogen) atoms. The molecule has 1 aliphatic rings. The fraction of sp³-hybridized carbons (Fsp3) is 0.0769. The molecule has 8 heteroatoms. The number of amides is 2. The topological polar surface area (TPSA) is 42.3 Å². The summed E-state index contributed by atoms with van der Waals surface area (Å²) in [4.78, 5) is 27.4. The molecule has 1 fully saturated rings. The summed E-state index contributed by atoms with van der Waals surface area (Å²) in [6.45, 7) is 0.839. The minimum Gasteiger partial charge on any atom is -0.342 e. The van der Waals surface area contributed by atoms with Gasteiger partial charge in [-0.3, -0.25) is 14.5 Å². The number of benzene rings is 3. The summed E-state index contributed by atoms with van der Waals surface area (Å²) in [5, 5.41) is 1.51. The van der Waals surface area contributed by atoms with Crippen LogP contribution < -0.4 is 0 Å². The molecule has 0 bridgehead atoms. The zero-order valence-corrected chi connectivity index (χ0v) is 21.6. The Morgan fingerprint density at radius 1 is 0.882 bits per heavy atom. The molecule has 0 N–H and O–H groups in total. The molecule has 2 amide bonds. The number of thioether (sulfide) groups is 1. The predicted octanol–water partition coefficient (Wildman–Crippen LogP) is 8.00. The first kappa shape index (κ1) is 23.2. The molecule has 2 heterocycles. The highest BCUT2D eigenvalue weighted by Gasteiger charge is 2.35. The maximum absolute atomic E-state index is 13.1. The highest BCUT2D eigenvalue weighted by atomic mass is 79.9. The lowest BCUT2D eigenvalue weighted by atomic mass is 10.1. The molecule has 0 aliphatic carbocycles. The van der Waals surface area contributed by atoms with Crippen LogP contribution in [0.1, 0.15) is 16.7 Å². The predicted molar refractivity (Wildman–Crippen MR) is 143 cm³/mol. The Kier molecular flexibility index (Phi) is 6.58. The van der Waals surface area contributed by atoms with Crippen molar-refractivity contribution in [1.82, 2.24) is 9.47 Å². The van der Waals surface area contributed by atoms with Gasteiger partial charge in [-0.15, -0.1) is 0 Å². The number of aromatic nitrogens is 1. The number of carbonyl (C=O) groups is 2. The Labute approximate surface area is 219 Å². The first-order chi connectivity index (χ1) is 16.4. The second-order valence-corrected chi connectivity index (χ2v) is 10.6. The van der Waals surface area contributed by atoms with Crippen molar-refractivity contribution in [2.24, 2.45) is 0 Å². The molecule has 0 radical (unpaired) electrons. The van der Waals surface area contributed by atoms with Crippen molar-refractivity contribution in [1.29, 1.82) is 0 Å². The van der Waals surface area contributed by atoms with Gasteiger partial charge in [0.1, 0.15) is 0 Å². The van der Waals surface area contributed by atoms with Crippen LogP contribution in [0.5, 0.6) is 0 Å². The summed E-state index contributed by atoms with van der Waals surface area (Å²) < 4.78 is 3.10. The first-order valence-corrected chi connectivity index (χ1v) is 12.8. The van der Waals surface area contributed by atoms with Crippen LogP contribution in [0.2, 0.25) is 10.0 Å². The van der Waals surface area contributed by atoms with E-state index in [4.69, 9.17) is 23.2 Å². The Morgan fingerprint density at radius 2 is 1.68 bits per heavy atom. The van der Waals surface area contributed by atoms with E-state index in [2.05, 4.69) is 38.7 Å². The van der Waals surface area contributed by atoms with Gasteiger partial charge in [0.15, 0.2) is 0 Å². The normalized spacial score (nSPS) is 15.1. The molecule has 4 nitrogen and oxygen atoms in total. The number of hydrogen-bond donors (Lipinski definition) is 0. The molecular formula is C26H17BrCl2N2O2S. The molecule has 1 aliphatic heterocycles. The van der Waals surface area contributed by atoms with Crippen LogP contribution >= 0.6 is 50.9 Å². The number of nitrogens with zero attached hydrogens (tertiary/aromatic N) is 2. The van der Waals surface area contributed by atoms with Crippen LogP contribution in [-0.2, 0) is 17.9 Å². The van der Waals surface area contributed by atoms with Gasteiger partial charge < -0.3 is 4.57 Å². The van der Waals surface area contributed by atoms with Crippen LogP contribution in [0.3, 0.4) is 0 Å². The fourth-order valence-corrected chi connectivity index (χ4v) is 5.43. The van der Waals surface area contributed by atoms with Crippen LogP contribution in [-0.4, -0.2) is 20.6 Å². The zero-order chi connectivity index (χ0) is 23.8. The van der Waals surface area contributed by atoms with Crippen molar-refractivity contribution in [2.75, 3.05) is 0 Å². The summed E-state index contributed by atoms with van der Waals surface area (Å²) in [6.07, 6.45) is 3.83. The van der Waals surface area contributed by atoms with Crippen molar-refractivity contribution in [3.8, 4) is 0 Å². The average Bonchev–Trinajstić information content (AvgIpc) is 3.28. The lowest BCUT2D eigenvalue weighted by Gasteiger charge is -2.12. The number of halogens is 3. The number of fused-ring (bicyclic) bond motifs is 1. The van der Waals surface area contributed by atoms with Gasteiger partial charge in [-0.2, -0.15) is 0 Å². The minimum atomic E-state index is -0.319. The maximum atomic E-state index is 13.1. The van der Waals surface area contributed by atoms with E-state index >= 15 is 0 Å². The first-order valence-electron chi connectivity index (χ1n) is 10.4. The third kappa shape index (κ3) is 4.68. The maximum Gasteiger partial charge on any atom is 0.293 e. The van der Waals surface area contributed by atoms with Gasteiger partial charge in [-0.05, 0) is 59.3 Å². The largest absolute Gasteiger partial charge is 0.342 e. The Bertz CT molecular complexity index is 1470. The van der Waals surface area contributed by atoms with Gasteiger partial charge in [0.25, 0.3) is 11.1 Å². The second kappa shape index (κ2) is 9.62. The molecule has 5 rings (SSSR count). The summed E-state index contributed by atoms with van der Waals surface area (Å²) in [5.41, 5.74) is 3.85. The molecule has 0 atom stereocenters. The van der Waals surface area contributed by atoms with E-state index in [9.17, 15) is 9.59 Å². The van der Waals surface area contributed by atoms with E-state index < -0.39 is 0 Å². The summed E-state index contributed by atoms with van der Waals surface area (Å²) in [5.74, 6) is -0.319. The number of imide groups is 1. The van der Waals surface area contributed by atoms with Crippen LogP contribution in [0.4, 0.5) is 4.79 Å². The monoisotopic (exact) mass is 570 g/mol. The number of hydrogen-bond acceptors (Lipinski definition) is 3. The minimum absolute atomic E-state index is 0.139. The molecule has 4 aromatic rings. The summed E-state index contributed by atoms with van der Waals surface area (Å²) in [6, 6.07) is 21.4. The lowest BCUT2D eigenvalue weighted by Crippen LogP contribution is -2.27. The molecule has 3 aromatic carbocycles. The van der Waals surface area contributed by atoms with Crippen molar-refractivity contribution < 1.29 is 9.59 Å². The highest BCUT2D eigenvalue weighted by molar-refractivity contribution is 9.10.